The number of hydrogen-bond acceptors (Lipinski definition) is 4. The topological polar surface area (TPSA) is 63.6 Å². The van der Waals surface area contributed by atoms with Gasteiger partial charge in [-0.05, 0) is 89.0 Å². The molecule has 1 aliphatic carbocycles. The van der Waals surface area contributed by atoms with Gasteiger partial charge in [-0.25, -0.2) is 0 Å². The molecular formula is C25H24IN3O3. The van der Waals surface area contributed by atoms with E-state index >= 15 is 0 Å². The Kier molecular flexibility index (Phi) is 6.01. The summed E-state index contributed by atoms with van der Waals surface area (Å²) in [6, 6.07) is 17.2. The van der Waals surface area contributed by atoms with Gasteiger partial charge >= 0.3 is 0 Å². The average molecular weight is 541 g/mol. The Hall–Kier alpha value is -2.65. The van der Waals surface area contributed by atoms with Gasteiger partial charge in [0, 0.05) is 34.2 Å². The van der Waals surface area contributed by atoms with E-state index < -0.39 is 0 Å². The van der Waals surface area contributed by atoms with Gasteiger partial charge in [0.1, 0.15) is 5.56 Å². The maximum absolute atomic E-state index is 13.3. The highest BCUT2D eigenvalue weighted by atomic mass is 127. The Morgan fingerprint density at radius 1 is 1.03 bits per heavy atom. The van der Waals surface area contributed by atoms with Crippen molar-refractivity contribution in [1.82, 2.24) is 4.57 Å². The number of benzene rings is 2. The molecule has 1 atom stereocenters. The van der Waals surface area contributed by atoms with Gasteiger partial charge < -0.3 is 19.5 Å². The molecule has 2 heterocycles. The zero-order valence-electron chi connectivity index (χ0n) is 17.6. The van der Waals surface area contributed by atoms with Crippen molar-refractivity contribution in [2.24, 2.45) is 0 Å². The van der Waals surface area contributed by atoms with Crippen LogP contribution in [0, 0.1) is 3.57 Å². The lowest BCUT2D eigenvalue weighted by molar-refractivity contribution is 0.102. The van der Waals surface area contributed by atoms with Crippen LogP contribution >= 0.6 is 22.6 Å². The summed E-state index contributed by atoms with van der Waals surface area (Å²) in [6.07, 6.45) is 3.56. The van der Waals surface area contributed by atoms with Crippen LogP contribution in [0.4, 0.5) is 11.4 Å². The van der Waals surface area contributed by atoms with E-state index in [4.69, 9.17) is 4.74 Å². The molecule has 0 saturated carbocycles. The molecule has 3 aromatic rings. The number of ether oxygens (including phenoxy) is 1. The van der Waals surface area contributed by atoms with Gasteiger partial charge in [-0.2, -0.15) is 0 Å². The number of anilines is 2. The van der Waals surface area contributed by atoms with Crippen LogP contribution in [-0.4, -0.2) is 36.8 Å². The summed E-state index contributed by atoms with van der Waals surface area (Å²) in [5, 5.41) is 2.84. The lowest BCUT2D eigenvalue weighted by atomic mass is 10.0. The maximum atomic E-state index is 13.3. The van der Waals surface area contributed by atoms with Gasteiger partial charge in [0.05, 0.1) is 19.3 Å². The summed E-state index contributed by atoms with van der Waals surface area (Å²) in [5.74, 6) is -0.383. The molecule has 7 heteroatoms. The second-order valence-corrected chi connectivity index (χ2v) is 9.34. The molecule has 0 spiro atoms. The van der Waals surface area contributed by atoms with E-state index in [-0.39, 0.29) is 23.1 Å². The van der Waals surface area contributed by atoms with Crippen LogP contribution < -0.4 is 15.8 Å². The summed E-state index contributed by atoms with van der Waals surface area (Å²) >= 11 is 2.21. The van der Waals surface area contributed by atoms with Crippen molar-refractivity contribution in [3.8, 4) is 0 Å². The van der Waals surface area contributed by atoms with Crippen molar-refractivity contribution in [1.29, 1.82) is 0 Å². The molecule has 164 valence electrons. The zero-order chi connectivity index (χ0) is 22.1. The van der Waals surface area contributed by atoms with Crippen LogP contribution in [0.15, 0.2) is 65.6 Å². The van der Waals surface area contributed by atoms with Crippen LogP contribution in [0.2, 0.25) is 0 Å². The van der Waals surface area contributed by atoms with E-state index in [0.29, 0.717) is 5.69 Å². The fourth-order valence-electron chi connectivity index (χ4n) is 4.66. The van der Waals surface area contributed by atoms with Crippen LogP contribution in [0.1, 0.15) is 33.9 Å². The lowest BCUT2D eigenvalue weighted by Gasteiger charge is -2.30. The number of carbonyl (C=O) groups excluding carboxylic acids is 1. The van der Waals surface area contributed by atoms with Crippen LogP contribution in [0.25, 0.3) is 0 Å². The van der Waals surface area contributed by atoms with Crippen LogP contribution in [0.3, 0.4) is 0 Å². The number of halogens is 1. The first-order valence-electron chi connectivity index (χ1n) is 10.8. The quantitative estimate of drug-likeness (QED) is 0.506. The Bertz CT molecular complexity index is 1200. The van der Waals surface area contributed by atoms with Crippen molar-refractivity contribution < 1.29 is 9.53 Å². The highest BCUT2D eigenvalue weighted by Crippen LogP contribution is 2.39. The van der Waals surface area contributed by atoms with Crippen molar-refractivity contribution in [2.75, 3.05) is 36.5 Å². The highest BCUT2D eigenvalue weighted by molar-refractivity contribution is 14.1. The molecule has 1 aromatic heterocycles. The molecule has 1 saturated heterocycles. The second kappa shape index (κ2) is 9.07. The number of fused-ring (bicyclic) bond motifs is 1. The molecule has 5 rings (SSSR count). The fraction of sp³-hybridized carbons (Fsp3) is 0.280. The Balaban J connectivity index is 1.44. The number of carbonyl (C=O) groups is 1. The molecule has 6 nitrogen and oxygen atoms in total. The molecule has 1 unspecified atom stereocenters. The minimum atomic E-state index is -0.383. The summed E-state index contributed by atoms with van der Waals surface area (Å²) in [7, 11) is 0. The number of nitrogens with one attached hydrogen (secondary N) is 1. The smallest absolute Gasteiger partial charge is 0.263 e. The largest absolute Gasteiger partial charge is 0.378 e. The number of rotatable bonds is 4. The molecule has 0 bridgehead atoms. The van der Waals surface area contributed by atoms with Crippen LogP contribution in [0.5, 0.6) is 0 Å². The third-order valence-corrected chi connectivity index (χ3v) is 6.94. The Labute approximate surface area is 200 Å². The molecule has 1 amide bonds. The van der Waals surface area contributed by atoms with Crippen molar-refractivity contribution in [2.45, 2.75) is 18.9 Å². The van der Waals surface area contributed by atoms with E-state index in [1.165, 1.54) is 16.8 Å². The molecule has 1 fully saturated rings. The molecule has 1 N–H and O–H groups in total. The minimum Gasteiger partial charge on any atom is -0.378 e. The van der Waals surface area contributed by atoms with Crippen LogP contribution in [-0.2, 0) is 11.2 Å². The van der Waals surface area contributed by atoms with Gasteiger partial charge in [0.2, 0.25) is 0 Å². The predicted molar refractivity (Wildman–Crippen MR) is 134 cm³/mol. The molecule has 32 heavy (non-hydrogen) atoms. The summed E-state index contributed by atoms with van der Waals surface area (Å²) < 4.78 is 8.31. The van der Waals surface area contributed by atoms with E-state index in [1.807, 2.05) is 24.3 Å². The first kappa shape index (κ1) is 21.2. The molecule has 1 aliphatic heterocycles. The second-order valence-electron chi connectivity index (χ2n) is 8.09. The van der Waals surface area contributed by atoms with Crippen molar-refractivity contribution in [3.63, 3.8) is 0 Å². The lowest BCUT2D eigenvalue weighted by Crippen LogP contribution is -2.36. The van der Waals surface area contributed by atoms with E-state index in [0.717, 1.165) is 42.7 Å². The minimum absolute atomic E-state index is 0.0652. The summed E-state index contributed by atoms with van der Waals surface area (Å²) in [6.45, 7) is 3.25. The van der Waals surface area contributed by atoms with E-state index in [2.05, 4.69) is 51.0 Å². The van der Waals surface area contributed by atoms with E-state index in [9.17, 15) is 9.59 Å². The number of aromatic nitrogens is 1. The van der Waals surface area contributed by atoms with Crippen molar-refractivity contribution in [3.05, 3.63) is 91.4 Å². The van der Waals surface area contributed by atoms with Gasteiger partial charge in [-0.3, -0.25) is 9.59 Å². The van der Waals surface area contributed by atoms with Gasteiger partial charge in [0.15, 0.2) is 0 Å². The average Bonchev–Trinajstić information content (AvgIpc) is 3.25. The number of amides is 1. The van der Waals surface area contributed by atoms with Gasteiger partial charge in [-0.1, -0.05) is 12.1 Å². The Morgan fingerprint density at radius 2 is 1.81 bits per heavy atom. The third kappa shape index (κ3) is 4.06. The van der Waals surface area contributed by atoms with Gasteiger partial charge in [0.25, 0.3) is 11.5 Å². The molecule has 2 aromatic carbocycles. The Morgan fingerprint density at radius 3 is 2.59 bits per heavy atom. The molecule has 0 radical (unpaired) electrons. The molecular weight excluding hydrogens is 517 g/mol. The predicted octanol–water partition coefficient (Wildman–Crippen LogP) is 4.08. The van der Waals surface area contributed by atoms with E-state index in [1.54, 1.807) is 22.9 Å². The first-order valence-corrected chi connectivity index (χ1v) is 11.9. The standard InChI is InChI=1S/C25H24IN3O3/c26-17-6-8-18(9-7-17)27-24(30)21-4-2-12-29(25(21)31)23-11-10-20-19(23)3-1-5-22(20)28-13-15-32-16-14-28/h1-9,12,23H,10-11,13-16H2,(H,27,30). The number of nitrogens with zero attached hydrogens (tertiary/aromatic N) is 2. The fourth-order valence-corrected chi connectivity index (χ4v) is 5.02. The summed E-state index contributed by atoms with van der Waals surface area (Å²) in [5.41, 5.74) is 4.29. The monoisotopic (exact) mass is 541 g/mol. The van der Waals surface area contributed by atoms with Gasteiger partial charge in [-0.15, -0.1) is 0 Å². The summed E-state index contributed by atoms with van der Waals surface area (Å²) in [4.78, 5) is 28.5. The third-order valence-electron chi connectivity index (χ3n) is 6.22. The SMILES string of the molecule is O=C(Nc1ccc(I)cc1)c1cccn(C2CCc3c2cccc3N2CCOCC2)c1=O. The normalized spacial score (nSPS) is 17.8. The van der Waals surface area contributed by atoms with Crippen molar-refractivity contribution >= 4 is 39.9 Å². The highest BCUT2D eigenvalue weighted by Gasteiger charge is 2.29. The maximum Gasteiger partial charge on any atom is 0.263 e. The number of hydrogen-bond donors (Lipinski definition) is 1. The zero-order valence-corrected chi connectivity index (χ0v) is 19.7. The number of pyridine rings is 1. The number of morpholine rings is 1. The first-order chi connectivity index (χ1) is 15.6. The molecule has 2 aliphatic rings.